The van der Waals surface area contributed by atoms with Crippen molar-refractivity contribution in [3.8, 4) is 0 Å². The molecule has 0 radical (unpaired) electrons. The number of piperidine rings is 1. The van der Waals surface area contributed by atoms with Crippen LogP contribution in [0.5, 0.6) is 0 Å². The molecule has 7 heteroatoms. The van der Waals surface area contributed by atoms with Crippen molar-refractivity contribution >= 4 is 23.5 Å². The Morgan fingerprint density at radius 3 is 2.20 bits per heavy atom. The van der Waals surface area contributed by atoms with Crippen LogP contribution in [0.15, 0.2) is 18.2 Å². The van der Waals surface area contributed by atoms with Crippen molar-refractivity contribution in [2.24, 2.45) is 5.92 Å². The summed E-state index contributed by atoms with van der Waals surface area (Å²) in [6.45, 7) is 6.21. The Kier molecular flexibility index (Phi) is 9.30. The first-order chi connectivity index (χ1) is 14.3. The van der Waals surface area contributed by atoms with Gasteiger partial charge in [-0.25, -0.2) is 9.59 Å². The van der Waals surface area contributed by atoms with Crippen molar-refractivity contribution in [1.82, 2.24) is 4.90 Å². The van der Waals surface area contributed by atoms with E-state index in [1.165, 1.54) is 51.5 Å². The normalized spacial score (nSPS) is 21.4. The number of benzene rings is 1. The predicted molar refractivity (Wildman–Crippen MR) is 116 cm³/mol. The summed E-state index contributed by atoms with van der Waals surface area (Å²) < 4.78 is 0. The Morgan fingerprint density at radius 2 is 1.57 bits per heavy atom. The van der Waals surface area contributed by atoms with Crippen LogP contribution in [0.2, 0.25) is 0 Å². The van der Waals surface area contributed by atoms with Crippen molar-refractivity contribution in [1.29, 1.82) is 0 Å². The number of nitrogens with one attached hydrogen (secondary N) is 1. The van der Waals surface area contributed by atoms with Gasteiger partial charge in [0.1, 0.15) is 0 Å². The van der Waals surface area contributed by atoms with Gasteiger partial charge in [0.2, 0.25) is 5.91 Å². The molecule has 3 rings (SSSR count). The molecular formula is C23H34N2O5. The molecule has 1 amide bonds. The molecule has 30 heavy (non-hydrogen) atoms. The van der Waals surface area contributed by atoms with Crippen molar-refractivity contribution in [2.75, 3.05) is 18.4 Å². The number of fused-ring (bicyclic) bond motifs is 1. The van der Waals surface area contributed by atoms with Gasteiger partial charge >= 0.3 is 11.9 Å². The van der Waals surface area contributed by atoms with Crippen LogP contribution < -0.4 is 5.32 Å². The molecule has 1 heterocycles. The quantitative estimate of drug-likeness (QED) is 0.642. The number of hydrogen-bond acceptors (Lipinski definition) is 4. The maximum absolute atomic E-state index is 12.4. The van der Waals surface area contributed by atoms with Crippen molar-refractivity contribution in [3.63, 3.8) is 0 Å². The molecule has 7 nitrogen and oxygen atoms in total. The number of nitrogens with zero attached hydrogens (tertiary/aromatic N) is 1. The zero-order valence-electron chi connectivity index (χ0n) is 18.0. The van der Waals surface area contributed by atoms with Crippen LogP contribution in [0.25, 0.3) is 0 Å². The van der Waals surface area contributed by atoms with Gasteiger partial charge in [-0.1, -0.05) is 37.5 Å². The second-order valence-corrected chi connectivity index (χ2v) is 8.32. The minimum absolute atomic E-state index is 0.156. The average molecular weight is 419 g/mol. The summed E-state index contributed by atoms with van der Waals surface area (Å²) in [6.07, 6.45) is 10.2. The Labute approximate surface area is 178 Å². The van der Waals surface area contributed by atoms with Gasteiger partial charge < -0.3 is 15.5 Å². The van der Waals surface area contributed by atoms with Gasteiger partial charge in [-0.2, -0.15) is 0 Å². The predicted octanol–water partition coefficient (Wildman–Crippen LogP) is 3.83. The third kappa shape index (κ3) is 7.13. The third-order valence-corrected chi connectivity index (χ3v) is 6.16. The summed E-state index contributed by atoms with van der Waals surface area (Å²) in [5, 5.41) is 17.9. The second-order valence-electron chi connectivity index (χ2n) is 8.32. The molecule has 0 spiro atoms. The lowest BCUT2D eigenvalue weighted by Gasteiger charge is -2.40. The van der Waals surface area contributed by atoms with E-state index in [1.54, 1.807) is 0 Å². The number of likely N-dealkylation sites (tertiary alicyclic amines) is 1. The van der Waals surface area contributed by atoms with E-state index in [4.69, 9.17) is 19.8 Å². The first-order valence-electron chi connectivity index (χ1n) is 10.9. The lowest BCUT2D eigenvalue weighted by atomic mass is 9.85. The number of carboxylic acid groups (broad SMARTS) is 2. The molecule has 2 atom stereocenters. The number of aryl methyl sites for hydroxylation is 2. The molecule has 0 unspecified atom stereocenters. The topological polar surface area (TPSA) is 107 Å². The Balaban J connectivity index is 0.000000469. The molecule has 3 N–H and O–H groups in total. The molecule has 1 aliphatic heterocycles. The number of aliphatic carboxylic acids is 2. The smallest absolute Gasteiger partial charge is 0.414 e. The fourth-order valence-electron chi connectivity index (χ4n) is 4.64. The van der Waals surface area contributed by atoms with Gasteiger partial charge in [0.25, 0.3) is 0 Å². The maximum atomic E-state index is 12.4. The van der Waals surface area contributed by atoms with E-state index in [9.17, 15) is 4.79 Å². The summed E-state index contributed by atoms with van der Waals surface area (Å²) in [5.74, 6) is -2.61. The number of amides is 1. The molecule has 1 saturated carbocycles. The van der Waals surface area contributed by atoms with Gasteiger partial charge in [0.05, 0.1) is 0 Å². The fraction of sp³-hybridized carbons (Fsp3) is 0.609. The minimum atomic E-state index is -1.82. The van der Waals surface area contributed by atoms with Crippen molar-refractivity contribution in [3.05, 3.63) is 29.3 Å². The van der Waals surface area contributed by atoms with E-state index in [0.717, 1.165) is 35.3 Å². The molecule has 2 fully saturated rings. The third-order valence-electron chi connectivity index (χ3n) is 6.16. The Morgan fingerprint density at radius 1 is 0.967 bits per heavy atom. The number of para-hydroxylation sites is 1. The molecular weight excluding hydrogens is 384 g/mol. The Hall–Kier alpha value is -2.41. The van der Waals surface area contributed by atoms with Gasteiger partial charge in [-0.3, -0.25) is 9.69 Å². The summed E-state index contributed by atoms with van der Waals surface area (Å²) in [5.41, 5.74) is 3.28. The number of carbonyl (C=O) groups is 3. The number of carboxylic acids is 2. The molecule has 2 aliphatic rings. The van der Waals surface area contributed by atoms with Crippen LogP contribution in [-0.4, -0.2) is 52.1 Å². The molecule has 1 saturated heterocycles. The zero-order valence-corrected chi connectivity index (χ0v) is 18.0. The van der Waals surface area contributed by atoms with Gasteiger partial charge in [0, 0.05) is 24.7 Å². The minimum Gasteiger partial charge on any atom is -0.473 e. The summed E-state index contributed by atoms with van der Waals surface area (Å²) in [6, 6.07) is 6.89. The molecule has 0 aromatic heterocycles. The van der Waals surface area contributed by atoms with Crippen LogP contribution >= 0.6 is 0 Å². The molecule has 1 aliphatic carbocycles. The van der Waals surface area contributed by atoms with Crippen LogP contribution in [0.1, 0.15) is 62.5 Å². The van der Waals surface area contributed by atoms with Gasteiger partial charge in [-0.15, -0.1) is 0 Å². The van der Waals surface area contributed by atoms with Gasteiger partial charge in [-0.05, 0) is 63.1 Å². The highest BCUT2D eigenvalue weighted by Crippen LogP contribution is 2.34. The summed E-state index contributed by atoms with van der Waals surface area (Å²) >= 11 is 0. The number of anilines is 1. The lowest BCUT2D eigenvalue weighted by molar-refractivity contribution is -0.159. The van der Waals surface area contributed by atoms with E-state index in [-0.39, 0.29) is 5.91 Å². The average Bonchev–Trinajstić information content (AvgIpc) is 2.95. The van der Waals surface area contributed by atoms with E-state index in [0.29, 0.717) is 6.42 Å². The highest BCUT2D eigenvalue weighted by Gasteiger charge is 2.31. The fourth-order valence-corrected chi connectivity index (χ4v) is 4.64. The monoisotopic (exact) mass is 418 g/mol. The van der Waals surface area contributed by atoms with E-state index in [1.807, 2.05) is 6.07 Å². The van der Waals surface area contributed by atoms with Crippen LogP contribution in [0.3, 0.4) is 0 Å². The Bertz CT molecular complexity index is 717. The van der Waals surface area contributed by atoms with Gasteiger partial charge in [0.15, 0.2) is 0 Å². The first-order valence-corrected chi connectivity index (χ1v) is 10.9. The molecule has 0 bridgehead atoms. The van der Waals surface area contributed by atoms with E-state index in [2.05, 4.69) is 36.2 Å². The highest BCUT2D eigenvalue weighted by atomic mass is 16.4. The summed E-state index contributed by atoms with van der Waals surface area (Å²) in [4.78, 5) is 33.3. The van der Waals surface area contributed by atoms with Crippen molar-refractivity contribution in [2.45, 2.75) is 71.3 Å². The number of carbonyl (C=O) groups excluding carboxylic acids is 1. The van der Waals surface area contributed by atoms with Crippen molar-refractivity contribution < 1.29 is 24.6 Å². The summed E-state index contributed by atoms with van der Waals surface area (Å²) in [7, 11) is 0. The lowest BCUT2D eigenvalue weighted by Crippen LogP contribution is -2.45. The highest BCUT2D eigenvalue weighted by molar-refractivity contribution is 6.27. The van der Waals surface area contributed by atoms with Crippen LogP contribution in [-0.2, 0) is 14.4 Å². The van der Waals surface area contributed by atoms with Crippen LogP contribution in [0.4, 0.5) is 5.69 Å². The number of rotatable bonds is 4. The molecule has 1 aromatic carbocycles. The SMILES string of the molecule is Cc1cccc(C)c1NC(=O)CCN1CCC[C@H]2CCCCC[C@@H]21.O=C(O)C(=O)O. The maximum Gasteiger partial charge on any atom is 0.414 e. The zero-order chi connectivity index (χ0) is 22.1. The number of hydrogen-bond donors (Lipinski definition) is 3. The van der Waals surface area contributed by atoms with E-state index >= 15 is 0 Å². The second kappa shape index (κ2) is 11.7. The van der Waals surface area contributed by atoms with Crippen LogP contribution in [0, 0.1) is 19.8 Å². The largest absolute Gasteiger partial charge is 0.473 e. The first kappa shape index (κ1) is 23.9. The molecule has 166 valence electrons. The molecule has 1 aromatic rings. The van der Waals surface area contributed by atoms with E-state index < -0.39 is 11.9 Å². The standard InChI is InChI=1S/C21H32N2O.C2H2O4/c1-16-8-6-9-17(2)21(16)22-20(24)13-15-23-14-7-11-18-10-4-3-5-12-19(18)23;3-1(4)2(5)6/h6,8-9,18-19H,3-5,7,10-15H2,1-2H3,(H,22,24);(H,3,4)(H,5,6)/t18-,19+;/m1./s1.